The van der Waals surface area contributed by atoms with E-state index < -0.39 is 0 Å². The molecule has 1 rings (SSSR count). The van der Waals surface area contributed by atoms with Gasteiger partial charge in [0.05, 0.1) is 0 Å². The summed E-state index contributed by atoms with van der Waals surface area (Å²) in [6.07, 6.45) is 4.13. The average molecular weight is 171 g/mol. The lowest BCUT2D eigenvalue weighted by atomic mass is 10.00. The van der Waals surface area contributed by atoms with Crippen molar-refractivity contribution in [1.29, 1.82) is 0 Å². The van der Waals surface area contributed by atoms with Crippen LogP contribution in [0.5, 0.6) is 0 Å². The molecule has 70 valence electrons. The SMILES string of the molecule is CN1CCCC[C@H]1CC(=O)NN. The summed E-state index contributed by atoms with van der Waals surface area (Å²) in [6.45, 7) is 1.10. The fourth-order valence-electron chi connectivity index (χ4n) is 1.67. The Balaban J connectivity index is 2.33. The van der Waals surface area contributed by atoms with Crippen molar-refractivity contribution in [3.05, 3.63) is 0 Å². The monoisotopic (exact) mass is 171 g/mol. The van der Waals surface area contributed by atoms with Gasteiger partial charge in [-0.15, -0.1) is 0 Å². The van der Waals surface area contributed by atoms with E-state index in [1.54, 1.807) is 0 Å². The Morgan fingerprint density at radius 3 is 3.00 bits per heavy atom. The minimum atomic E-state index is -0.0613. The van der Waals surface area contributed by atoms with Gasteiger partial charge in [0.25, 0.3) is 0 Å². The molecule has 1 fully saturated rings. The number of amides is 1. The van der Waals surface area contributed by atoms with Crippen LogP contribution in [0.4, 0.5) is 0 Å². The summed E-state index contributed by atoms with van der Waals surface area (Å²) in [5.41, 5.74) is 2.17. The van der Waals surface area contributed by atoms with Crippen molar-refractivity contribution in [2.24, 2.45) is 5.84 Å². The zero-order valence-corrected chi connectivity index (χ0v) is 7.55. The van der Waals surface area contributed by atoms with E-state index in [1.165, 1.54) is 12.8 Å². The van der Waals surface area contributed by atoms with Crippen molar-refractivity contribution in [2.45, 2.75) is 31.7 Å². The van der Waals surface area contributed by atoms with Gasteiger partial charge in [0.1, 0.15) is 0 Å². The molecular formula is C8H17N3O. The van der Waals surface area contributed by atoms with Crippen molar-refractivity contribution in [2.75, 3.05) is 13.6 Å². The molecule has 0 radical (unpaired) electrons. The van der Waals surface area contributed by atoms with E-state index in [4.69, 9.17) is 5.84 Å². The van der Waals surface area contributed by atoms with Gasteiger partial charge in [-0.05, 0) is 26.4 Å². The highest BCUT2D eigenvalue weighted by Crippen LogP contribution is 2.17. The molecule has 0 bridgehead atoms. The lowest BCUT2D eigenvalue weighted by Crippen LogP contribution is -2.41. The van der Waals surface area contributed by atoms with E-state index in [0.717, 1.165) is 13.0 Å². The largest absolute Gasteiger partial charge is 0.303 e. The van der Waals surface area contributed by atoms with Crippen molar-refractivity contribution in [3.63, 3.8) is 0 Å². The first-order valence-corrected chi connectivity index (χ1v) is 4.43. The van der Waals surface area contributed by atoms with Crippen LogP contribution < -0.4 is 11.3 Å². The molecule has 1 aliphatic rings. The molecule has 0 unspecified atom stereocenters. The van der Waals surface area contributed by atoms with Crippen LogP contribution >= 0.6 is 0 Å². The van der Waals surface area contributed by atoms with Crippen LogP contribution in [0.15, 0.2) is 0 Å². The number of hydrogen-bond donors (Lipinski definition) is 2. The van der Waals surface area contributed by atoms with Crippen LogP contribution in [0.1, 0.15) is 25.7 Å². The van der Waals surface area contributed by atoms with E-state index in [1.807, 2.05) is 0 Å². The highest BCUT2D eigenvalue weighted by Gasteiger charge is 2.20. The number of carbonyl (C=O) groups excluding carboxylic acids is 1. The molecule has 3 N–H and O–H groups in total. The van der Waals surface area contributed by atoms with Crippen molar-refractivity contribution in [3.8, 4) is 0 Å². The number of nitrogens with one attached hydrogen (secondary N) is 1. The highest BCUT2D eigenvalue weighted by molar-refractivity contribution is 5.75. The van der Waals surface area contributed by atoms with Crippen molar-refractivity contribution in [1.82, 2.24) is 10.3 Å². The summed E-state index contributed by atoms with van der Waals surface area (Å²) >= 11 is 0. The molecule has 0 aromatic carbocycles. The van der Waals surface area contributed by atoms with E-state index in [0.29, 0.717) is 12.5 Å². The zero-order valence-electron chi connectivity index (χ0n) is 7.55. The van der Waals surface area contributed by atoms with E-state index in [2.05, 4.69) is 17.4 Å². The lowest BCUT2D eigenvalue weighted by molar-refractivity contribution is -0.122. The van der Waals surface area contributed by atoms with Crippen LogP contribution in [-0.2, 0) is 4.79 Å². The standard InChI is InChI=1S/C8H17N3O/c1-11-5-3-2-4-7(11)6-8(12)10-9/h7H,2-6,9H2,1H3,(H,10,12)/t7-/m0/s1. The minimum Gasteiger partial charge on any atom is -0.303 e. The quantitative estimate of drug-likeness (QED) is 0.345. The number of carbonyl (C=O) groups is 1. The van der Waals surface area contributed by atoms with E-state index in [9.17, 15) is 4.79 Å². The molecular weight excluding hydrogens is 154 g/mol. The predicted octanol–water partition coefficient (Wildman–Crippen LogP) is -0.149. The summed E-state index contributed by atoms with van der Waals surface area (Å²) in [4.78, 5) is 13.2. The molecule has 4 nitrogen and oxygen atoms in total. The number of likely N-dealkylation sites (tertiary alicyclic amines) is 1. The van der Waals surface area contributed by atoms with Gasteiger partial charge in [-0.25, -0.2) is 5.84 Å². The van der Waals surface area contributed by atoms with Gasteiger partial charge in [-0.3, -0.25) is 10.2 Å². The topological polar surface area (TPSA) is 58.4 Å². The molecule has 1 aliphatic heterocycles. The Kier molecular flexibility index (Phi) is 3.49. The van der Waals surface area contributed by atoms with Gasteiger partial charge in [-0.2, -0.15) is 0 Å². The van der Waals surface area contributed by atoms with Crippen LogP contribution in [0.2, 0.25) is 0 Å². The third-order valence-corrected chi connectivity index (χ3v) is 2.50. The number of hydrazine groups is 1. The lowest BCUT2D eigenvalue weighted by Gasteiger charge is -2.31. The summed E-state index contributed by atoms with van der Waals surface area (Å²) in [5.74, 6) is 4.96. The number of rotatable bonds is 2. The first-order chi connectivity index (χ1) is 5.74. The number of nitrogens with zero attached hydrogens (tertiary/aromatic N) is 1. The minimum absolute atomic E-state index is 0.0613. The number of hydrogen-bond acceptors (Lipinski definition) is 3. The van der Waals surface area contributed by atoms with Gasteiger partial charge < -0.3 is 4.90 Å². The van der Waals surface area contributed by atoms with Crippen LogP contribution in [0.25, 0.3) is 0 Å². The fraction of sp³-hybridized carbons (Fsp3) is 0.875. The van der Waals surface area contributed by atoms with Crippen LogP contribution in [0.3, 0.4) is 0 Å². The molecule has 0 aromatic rings. The highest BCUT2D eigenvalue weighted by atomic mass is 16.2. The number of nitrogens with two attached hydrogens (primary N) is 1. The van der Waals surface area contributed by atoms with Gasteiger partial charge in [0.2, 0.25) is 5.91 Å². The Morgan fingerprint density at radius 1 is 1.67 bits per heavy atom. The molecule has 4 heteroatoms. The normalized spacial score (nSPS) is 25.3. The third-order valence-electron chi connectivity index (χ3n) is 2.50. The molecule has 0 spiro atoms. The Labute approximate surface area is 73.1 Å². The molecule has 1 heterocycles. The van der Waals surface area contributed by atoms with E-state index >= 15 is 0 Å². The average Bonchev–Trinajstić information content (AvgIpc) is 2.09. The summed E-state index contributed by atoms with van der Waals surface area (Å²) < 4.78 is 0. The second-order valence-electron chi connectivity index (χ2n) is 3.40. The third kappa shape index (κ3) is 2.46. The van der Waals surface area contributed by atoms with Crippen LogP contribution in [0, 0.1) is 0 Å². The zero-order chi connectivity index (χ0) is 8.97. The fourth-order valence-corrected chi connectivity index (χ4v) is 1.67. The first-order valence-electron chi connectivity index (χ1n) is 4.43. The molecule has 0 aliphatic carbocycles. The maximum atomic E-state index is 11.0. The summed E-state index contributed by atoms with van der Waals surface area (Å²) in [7, 11) is 2.06. The Bertz CT molecular complexity index is 160. The molecule has 0 saturated carbocycles. The summed E-state index contributed by atoms with van der Waals surface area (Å²) in [6, 6.07) is 0.391. The maximum absolute atomic E-state index is 11.0. The molecule has 1 atom stereocenters. The molecule has 1 amide bonds. The van der Waals surface area contributed by atoms with Crippen molar-refractivity contribution < 1.29 is 4.79 Å². The Morgan fingerprint density at radius 2 is 2.42 bits per heavy atom. The second kappa shape index (κ2) is 4.42. The smallest absolute Gasteiger partial charge is 0.235 e. The first kappa shape index (κ1) is 9.48. The summed E-state index contributed by atoms with van der Waals surface area (Å²) in [5, 5.41) is 0. The molecule has 1 saturated heterocycles. The van der Waals surface area contributed by atoms with Gasteiger partial charge in [0, 0.05) is 12.5 Å². The maximum Gasteiger partial charge on any atom is 0.235 e. The molecule has 12 heavy (non-hydrogen) atoms. The van der Waals surface area contributed by atoms with Gasteiger partial charge >= 0.3 is 0 Å². The Hall–Kier alpha value is -0.610. The predicted molar refractivity (Wildman–Crippen MR) is 47.2 cm³/mol. The van der Waals surface area contributed by atoms with Gasteiger partial charge in [-0.1, -0.05) is 6.42 Å². The molecule has 0 aromatic heterocycles. The second-order valence-corrected chi connectivity index (χ2v) is 3.40. The number of piperidine rings is 1. The van der Waals surface area contributed by atoms with Crippen LogP contribution in [-0.4, -0.2) is 30.4 Å². The van der Waals surface area contributed by atoms with Crippen molar-refractivity contribution >= 4 is 5.91 Å². The van der Waals surface area contributed by atoms with E-state index in [-0.39, 0.29) is 5.91 Å². The van der Waals surface area contributed by atoms with Gasteiger partial charge in [0.15, 0.2) is 0 Å².